The van der Waals surface area contributed by atoms with Crippen LogP contribution in [0.1, 0.15) is 15.9 Å². The molecule has 0 aliphatic rings. The van der Waals surface area contributed by atoms with E-state index >= 15 is 0 Å². The molecule has 0 saturated heterocycles. The maximum Gasteiger partial charge on any atom is 0.372 e. The van der Waals surface area contributed by atoms with Gasteiger partial charge < -0.3 is 11.1 Å². The fourth-order valence-electron chi connectivity index (χ4n) is 1.15. The minimum absolute atomic E-state index is 0.0737. The number of nitrogens with one attached hydrogen (secondary N) is 1. The first-order valence-electron chi connectivity index (χ1n) is 4.65. The van der Waals surface area contributed by atoms with E-state index < -0.39 is 15.7 Å². The topological polar surface area (TPSA) is 72.2 Å². The first kappa shape index (κ1) is 15.1. The van der Waals surface area contributed by atoms with Gasteiger partial charge in [-0.3, -0.25) is 9.59 Å². The Morgan fingerprint density at radius 3 is 2.56 bits per heavy atom. The molecule has 3 N–H and O–H groups in total. The van der Waals surface area contributed by atoms with Crippen LogP contribution in [0.5, 0.6) is 0 Å². The Labute approximate surface area is 120 Å². The van der Waals surface area contributed by atoms with Crippen LogP contribution in [0.3, 0.4) is 0 Å². The van der Waals surface area contributed by atoms with E-state index in [1.807, 2.05) is 5.32 Å². The van der Waals surface area contributed by atoms with E-state index in [-0.39, 0.29) is 17.1 Å². The maximum absolute atomic E-state index is 12.6. The molecule has 0 saturated carbocycles. The lowest BCUT2D eigenvalue weighted by atomic mass is 10.1. The Morgan fingerprint density at radius 2 is 2.06 bits per heavy atom. The molecule has 0 atom stereocenters. The van der Waals surface area contributed by atoms with Gasteiger partial charge in [0.1, 0.15) is 0 Å². The number of carbonyl (C=O) groups is 2. The quantitative estimate of drug-likeness (QED) is 0.612. The third-order valence-electron chi connectivity index (χ3n) is 2.01. The molecular weight excluding hydrogens is 380 g/mol. The number of alkyl halides is 3. The monoisotopic (exact) mass is 388 g/mol. The third kappa shape index (κ3) is 4.05. The van der Waals surface area contributed by atoms with Crippen LogP contribution in [0.2, 0.25) is 5.02 Å². The van der Waals surface area contributed by atoms with Gasteiger partial charge in [-0.05, 0) is 17.7 Å². The Kier molecular flexibility index (Phi) is 4.85. The summed E-state index contributed by atoms with van der Waals surface area (Å²) in [6.45, 7) is -0.144. The van der Waals surface area contributed by atoms with Crippen molar-refractivity contribution in [3.05, 3.63) is 34.3 Å². The van der Waals surface area contributed by atoms with Crippen LogP contribution in [0.15, 0.2) is 18.2 Å². The van der Waals surface area contributed by atoms with Crippen molar-refractivity contribution >= 4 is 46.0 Å². The molecule has 0 heterocycles. The van der Waals surface area contributed by atoms with E-state index in [9.17, 15) is 18.4 Å². The summed E-state index contributed by atoms with van der Waals surface area (Å²) in [7, 11) is 0. The highest BCUT2D eigenvalue weighted by Crippen LogP contribution is 2.22. The molecule has 0 unspecified atom stereocenters. The van der Waals surface area contributed by atoms with Gasteiger partial charge in [0.15, 0.2) is 0 Å². The number of halogens is 4. The van der Waals surface area contributed by atoms with E-state index in [0.29, 0.717) is 5.56 Å². The van der Waals surface area contributed by atoms with E-state index in [2.05, 4.69) is 0 Å². The van der Waals surface area contributed by atoms with Gasteiger partial charge in [0, 0.05) is 29.1 Å². The molecule has 1 aromatic carbocycles. The van der Waals surface area contributed by atoms with Crippen molar-refractivity contribution < 1.29 is 18.4 Å². The van der Waals surface area contributed by atoms with Crippen LogP contribution >= 0.6 is 34.2 Å². The van der Waals surface area contributed by atoms with Gasteiger partial charge in [0.2, 0.25) is 5.91 Å². The van der Waals surface area contributed by atoms with Gasteiger partial charge in [-0.15, -0.1) is 0 Å². The molecule has 1 rings (SSSR count). The largest absolute Gasteiger partial charge is 0.372 e. The molecule has 0 aliphatic carbocycles. The highest BCUT2D eigenvalue weighted by molar-refractivity contribution is 14.1. The Bertz CT molecular complexity index is 491. The van der Waals surface area contributed by atoms with E-state index in [4.69, 9.17) is 17.3 Å². The van der Waals surface area contributed by atoms with E-state index in [0.717, 1.165) is 22.6 Å². The van der Waals surface area contributed by atoms with Crippen LogP contribution in [0.25, 0.3) is 0 Å². The minimum Gasteiger partial charge on any atom is -0.366 e. The van der Waals surface area contributed by atoms with Gasteiger partial charge in [0.05, 0.1) is 10.6 Å². The first-order chi connectivity index (χ1) is 8.21. The summed E-state index contributed by atoms with van der Waals surface area (Å²) in [5, 5.41) is 2.20. The SMILES string of the molecule is NC(=O)c1cc(CNC(=O)C(F)(F)I)ccc1Cl. The summed E-state index contributed by atoms with van der Waals surface area (Å²) in [6, 6.07) is 4.25. The third-order valence-corrected chi connectivity index (χ3v) is 2.83. The number of hydrogen-bond acceptors (Lipinski definition) is 2. The zero-order valence-corrected chi connectivity index (χ0v) is 11.8. The number of nitrogens with two attached hydrogens (primary N) is 1. The highest BCUT2D eigenvalue weighted by Gasteiger charge is 2.34. The second kappa shape index (κ2) is 5.79. The molecule has 0 radical (unpaired) electrons. The lowest BCUT2D eigenvalue weighted by Gasteiger charge is -2.10. The normalized spacial score (nSPS) is 11.1. The van der Waals surface area contributed by atoms with Crippen LogP contribution in [0, 0.1) is 0 Å². The number of benzene rings is 1. The molecule has 8 heteroatoms. The molecule has 4 nitrogen and oxygen atoms in total. The minimum atomic E-state index is -3.48. The highest BCUT2D eigenvalue weighted by atomic mass is 127. The molecule has 0 fully saturated rings. The number of rotatable bonds is 4. The smallest absolute Gasteiger partial charge is 0.366 e. The fraction of sp³-hybridized carbons (Fsp3) is 0.200. The Balaban J connectivity index is 2.78. The average Bonchev–Trinajstić information content (AvgIpc) is 2.25. The zero-order chi connectivity index (χ0) is 13.9. The van der Waals surface area contributed by atoms with Crippen molar-refractivity contribution in [2.75, 3.05) is 0 Å². The molecule has 0 aromatic heterocycles. The predicted octanol–water partition coefficient (Wildman–Crippen LogP) is 2.08. The molecule has 0 aliphatic heterocycles. The van der Waals surface area contributed by atoms with E-state index in [1.54, 1.807) is 0 Å². The summed E-state index contributed by atoms with van der Waals surface area (Å²) in [6.07, 6.45) is 0. The van der Waals surface area contributed by atoms with Crippen LogP contribution in [-0.2, 0) is 11.3 Å². The molecular formula is C10H8ClF2IN2O2. The van der Waals surface area contributed by atoms with Crippen LogP contribution < -0.4 is 11.1 Å². The predicted molar refractivity (Wildman–Crippen MR) is 70.8 cm³/mol. The van der Waals surface area contributed by atoms with Gasteiger partial charge in [-0.1, -0.05) is 17.7 Å². The van der Waals surface area contributed by atoms with E-state index in [1.165, 1.54) is 18.2 Å². The Hall–Kier alpha value is -0.960. The Morgan fingerprint density at radius 1 is 1.44 bits per heavy atom. The molecule has 0 bridgehead atoms. The van der Waals surface area contributed by atoms with Crippen molar-refractivity contribution in [2.45, 2.75) is 10.5 Å². The van der Waals surface area contributed by atoms with Crippen LogP contribution in [0.4, 0.5) is 8.78 Å². The standard InChI is InChI=1S/C10H8ClF2IN2O2/c11-7-2-1-5(3-6(7)8(15)17)4-16-9(18)10(12,13)14/h1-3H,4H2,(H2,15,17)(H,16,18). The summed E-state index contributed by atoms with van der Waals surface area (Å²) >= 11 is 6.44. The van der Waals surface area contributed by atoms with Crippen molar-refractivity contribution in [3.8, 4) is 0 Å². The second-order valence-corrected chi connectivity index (χ2v) is 5.12. The van der Waals surface area contributed by atoms with Crippen molar-refractivity contribution in [2.24, 2.45) is 5.73 Å². The van der Waals surface area contributed by atoms with Crippen LogP contribution in [-0.4, -0.2) is 15.7 Å². The zero-order valence-electron chi connectivity index (χ0n) is 8.84. The van der Waals surface area contributed by atoms with Crippen molar-refractivity contribution in [1.82, 2.24) is 5.32 Å². The van der Waals surface area contributed by atoms with Gasteiger partial charge in [-0.25, -0.2) is 0 Å². The number of carbonyl (C=O) groups excluding carboxylic acids is 2. The molecule has 98 valence electrons. The molecule has 1 aromatic rings. The van der Waals surface area contributed by atoms with Crippen molar-refractivity contribution in [1.29, 1.82) is 0 Å². The summed E-state index contributed by atoms with van der Waals surface area (Å²) < 4.78 is 21.7. The summed E-state index contributed by atoms with van der Waals surface area (Å²) in [5.74, 6) is -2.13. The summed E-state index contributed by atoms with van der Waals surface area (Å²) in [4.78, 5) is 21.9. The molecule has 2 amide bonds. The van der Waals surface area contributed by atoms with Gasteiger partial charge in [0.25, 0.3) is 0 Å². The number of hydrogen-bond donors (Lipinski definition) is 2. The summed E-state index contributed by atoms with van der Waals surface area (Å²) in [5.41, 5.74) is 5.60. The first-order valence-corrected chi connectivity index (χ1v) is 6.10. The molecule has 0 spiro atoms. The molecule has 18 heavy (non-hydrogen) atoms. The average molecular weight is 389 g/mol. The number of amides is 2. The lowest BCUT2D eigenvalue weighted by molar-refractivity contribution is -0.133. The maximum atomic E-state index is 12.6. The lowest BCUT2D eigenvalue weighted by Crippen LogP contribution is -2.35. The van der Waals surface area contributed by atoms with Crippen molar-refractivity contribution in [3.63, 3.8) is 0 Å². The number of primary amides is 1. The second-order valence-electron chi connectivity index (χ2n) is 3.36. The van der Waals surface area contributed by atoms with Gasteiger partial charge in [-0.2, -0.15) is 8.78 Å². The van der Waals surface area contributed by atoms with Gasteiger partial charge >= 0.3 is 9.84 Å². The fourth-order valence-corrected chi connectivity index (χ4v) is 1.56.